The lowest BCUT2D eigenvalue weighted by molar-refractivity contribution is -0.208. The van der Waals surface area contributed by atoms with Crippen molar-refractivity contribution in [1.82, 2.24) is 14.7 Å². The van der Waals surface area contributed by atoms with E-state index in [1.807, 2.05) is 0 Å². The van der Waals surface area contributed by atoms with Gasteiger partial charge in [0.15, 0.2) is 6.10 Å². The molecule has 1 aromatic rings. The normalized spacial score (nSPS) is 15.0. The average molecular weight is 322 g/mol. The number of hydrogen-bond acceptors (Lipinski definition) is 4. The molecule has 0 saturated carbocycles. The van der Waals surface area contributed by atoms with Gasteiger partial charge in [0, 0.05) is 13.6 Å². The summed E-state index contributed by atoms with van der Waals surface area (Å²) in [6.45, 7) is 4.30. The summed E-state index contributed by atoms with van der Waals surface area (Å²) in [4.78, 5) is 13.3. The predicted octanol–water partition coefficient (Wildman–Crippen LogP) is 1.22. The number of aryl methyl sites for hydroxylation is 2. The molecule has 2 atom stereocenters. The lowest BCUT2D eigenvalue weighted by Gasteiger charge is -2.27. The number of hydrogen-bond donors (Lipinski definition) is 2. The Morgan fingerprint density at radius 2 is 2.00 bits per heavy atom. The Bertz CT molecular complexity index is 542. The Hall–Kier alpha value is -1.61. The van der Waals surface area contributed by atoms with E-state index >= 15 is 0 Å². The third-order valence-electron chi connectivity index (χ3n) is 3.64. The molecule has 1 amide bonds. The number of amides is 1. The van der Waals surface area contributed by atoms with Crippen LogP contribution in [-0.4, -0.2) is 57.6 Å². The summed E-state index contributed by atoms with van der Waals surface area (Å²) in [6.07, 6.45) is -7.20. The summed E-state index contributed by atoms with van der Waals surface area (Å²) in [6, 6.07) is -0.837. The molecule has 0 aromatic carbocycles. The molecule has 0 aliphatic rings. The van der Waals surface area contributed by atoms with Crippen LogP contribution in [0.1, 0.15) is 18.3 Å². The topological polar surface area (TPSA) is 70.4 Å². The Morgan fingerprint density at radius 1 is 1.45 bits per heavy atom. The van der Waals surface area contributed by atoms with Crippen LogP contribution in [0.3, 0.4) is 0 Å². The van der Waals surface area contributed by atoms with E-state index in [4.69, 9.17) is 5.11 Å². The molecule has 1 heterocycles. The maximum Gasteiger partial charge on any atom is 0.415 e. The number of aliphatic hydroxyl groups is 1. The molecule has 1 rings (SSSR count). The lowest BCUT2D eigenvalue weighted by atomic mass is 10.2. The maximum absolute atomic E-state index is 12.3. The molecule has 2 N–H and O–H groups in total. The summed E-state index contributed by atoms with van der Waals surface area (Å²) in [5.74, 6) is -0.462. The Balaban J connectivity index is 2.72. The second-order valence-electron chi connectivity index (χ2n) is 5.33. The molecule has 0 saturated heterocycles. The SMILES string of the molecule is Cc1nn(C)c(C)c1NC(=O)C(C)N(C)CC(O)C(F)(F)F. The number of carbonyl (C=O) groups is 1. The van der Waals surface area contributed by atoms with Gasteiger partial charge in [-0.15, -0.1) is 0 Å². The van der Waals surface area contributed by atoms with Gasteiger partial charge in [0.2, 0.25) is 5.91 Å². The molecule has 0 aliphatic carbocycles. The van der Waals surface area contributed by atoms with Crippen LogP contribution in [0.15, 0.2) is 0 Å². The minimum Gasteiger partial charge on any atom is -0.382 e. The largest absolute Gasteiger partial charge is 0.415 e. The van der Waals surface area contributed by atoms with E-state index in [2.05, 4.69) is 10.4 Å². The van der Waals surface area contributed by atoms with E-state index < -0.39 is 30.8 Å². The third-order valence-corrected chi connectivity index (χ3v) is 3.64. The van der Waals surface area contributed by atoms with Crippen LogP contribution in [0.25, 0.3) is 0 Å². The summed E-state index contributed by atoms with van der Waals surface area (Å²) < 4.78 is 38.6. The highest BCUT2D eigenvalue weighted by Crippen LogP contribution is 2.22. The first-order valence-electron chi connectivity index (χ1n) is 6.71. The smallest absolute Gasteiger partial charge is 0.382 e. The van der Waals surface area contributed by atoms with Crippen LogP contribution in [0.2, 0.25) is 0 Å². The molecule has 0 bridgehead atoms. The second-order valence-corrected chi connectivity index (χ2v) is 5.33. The summed E-state index contributed by atoms with van der Waals surface area (Å²) in [5.41, 5.74) is 1.92. The lowest BCUT2D eigenvalue weighted by Crippen LogP contribution is -2.46. The number of nitrogens with one attached hydrogen (secondary N) is 1. The van der Waals surface area contributed by atoms with E-state index in [0.717, 1.165) is 10.6 Å². The van der Waals surface area contributed by atoms with E-state index in [0.29, 0.717) is 11.4 Å². The summed E-state index contributed by atoms with van der Waals surface area (Å²) in [5, 5.41) is 15.9. The fourth-order valence-electron chi connectivity index (χ4n) is 1.92. The van der Waals surface area contributed by atoms with Gasteiger partial charge in [-0.3, -0.25) is 14.4 Å². The zero-order valence-corrected chi connectivity index (χ0v) is 13.2. The van der Waals surface area contributed by atoms with Crippen LogP contribution in [-0.2, 0) is 11.8 Å². The van der Waals surface area contributed by atoms with Crippen molar-refractivity contribution < 1.29 is 23.1 Å². The molecule has 2 unspecified atom stereocenters. The molecule has 0 aliphatic heterocycles. The van der Waals surface area contributed by atoms with E-state index in [-0.39, 0.29) is 0 Å². The molecule has 6 nitrogen and oxygen atoms in total. The number of likely N-dealkylation sites (N-methyl/N-ethyl adjacent to an activating group) is 1. The molecular formula is C13H21F3N4O2. The molecule has 22 heavy (non-hydrogen) atoms. The molecule has 0 radical (unpaired) electrons. The number of aromatic nitrogens is 2. The minimum absolute atomic E-state index is 0.462. The van der Waals surface area contributed by atoms with Gasteiger partial charge in [-0.1, -0.05) is 0 Å². The van der Waals surface area contributed by atoms with Gasteiger partial charge in [0.25, 0.3) is 0 Å². The number of carbonyl (C=O) groups excluding carboxylic acids is 1. The summed E-state index contributed by atoms with van der Waals surface area (Å²) >= 11 is 0. The van der Waals surface area contributed by atoms with Crippen molar-refractivity contribution >= 4 is 11.6 Å². The highest BCUT2D eigenvalue weighted by atomic mass is 19.4. The van der Waals surface area contributed by atoms with Crippen molar-refractivity contribution in [1.29, 1.82) is 0 Å². The first-order valence-corrected chi connectivity index (χ1v) is 6.71. The van der Waals surface area contributed by atoms with Gasteiger partial charge in [-0.05, 0) is 27.8 Å². The van der Waals surface area contributed by atoms with Gasteiger partial charge in [0.1, 0.15) is 0 Å². The highest BCUT2D eigenvalue weighted by molar-refractivity contribution is 5.95. The van der Waals surface area contributed by atoms with Crippen LogP contribution >= 0.6 is 0 Å². The standard InChI is InChI=1S/C13H21F3N4O2/c1-7-11(8(2)20(5)18-7)17-12(22)9(3)19(4)6-10(21)13(14,15)16/h9-10,21H,6H2,1-5H3,(H,17,22). The fourth-order valence-corrected chi connectivity index (χ4v) is 1.92. The number of halogens is 3. The van der Waals surface area contributed by atoms with Gasteiger partial charge < -0.3 is 10.4 Å². The quantitative estimate of drug-likeness (QED) is 0.855. The van der Waals surface area contributed by atoms with Gasteiger partial charge in [0.05, 0.1) is 23.1 Å². The van der Waals surface area contributed by atoms with Crippen molar-refractivity contribution in [2.24, 2.45) is 7.05 Å². The number of aliphatic hydroxyl groups excluding tert-OH is 1. The van der Waals surface area contributed by atoms with Gasteiger partial charge >= 0.3 is 6.18 Å². The zero-order valence-electron chi connectivity index (χ0n) is 13.2. The van der Waals surface area contributed by atoms with E-state index in [9.17, 15) is 18.0 Å². The Labute approximate surface area is 126 Å². The highest BCUT2D eigenvalue weighted by Gasteiger charge is 2.39. The summed E-state index contributed by atoms with van der Waals surface area (Å²) in [7, 11) is 3.08. The van der Waals surface area contributed by atoms with Gasteiger partial charge in [-0.25, -0.2) is 0 Å². The molecule has 0 spiro atoms. The van der Waals surface area contributed by atoms with E-state index in [1.165, 1.54) is 14.0 Å². The van der Waals surface area contributed by atoms with Crippen LogP contribution in [0.4, 0.5) is 18.9 Å². The fraction of sp³-hybridized carbons (Fsp3) is 0.692. The number of alkyl halides is 3. The first-order chi connectivity index (χ1) is 9.95. The molecular weight excluding hydrogens is 301 g/mol. The Morgan fingerprint density at radius 3 is 2.41 bits per heavy atom. The zero-order chi connectivity index (χ0) is 17.2. The first kappa shape index (κ1) is 18.4. The number of nitrogens with zero attached hydrogens (tertiary/aromatic N) is 3. The van der Waals surface area contributed by atoms with Crippen molar-refractivity contribution in [2.45, 2.75) is 39.1 Å². The van der Waals surface area contributed by atoms with Crippen molar-refractivity contribution in [3.63, 3.8) is 0 Å². The van der Waals surface area contributed by atoms with Crippen molar-refractivity contribution in [2.75, 3.05) is 18.9 Å². The monoisotopic (exact) mass is 322 g/mol. The molecule has 126 valence electrons. The molecule has 9 heteroatoms. The average Bonchev–Trinajstić information content (AvgIpc) is 2.63. The van der Waals surface area contributed by atoms with Crippen molar-refractivity contribution in [3.8, 4) is 0 Å². The van der Waals surface area contributed by atoms with Crippen LogP contribution < -0.4 is 5.32 Å². The maximum atomic E-state index is 12.3. The number of rotatable bonds is 5. The van der Waals surface area contributed by atoms with Crippen LogP contribution in [0, 0.1) is 13.8 Å². The van der Waals surface area contributed by atoms with Gasteiger partial charge in [-0.2, -0.15) is 18.3 Å². The minimum atomic E-state index is -4.71. The predicted molar refractivity (Wildman–Crippen MR) is 75.5 cm³/mol. The number of anilines is 1. The second kappa shape index (κ2) is 6.66. The third kappa shape index (κ3) is 4.20. The molecule has 0 fully saturated rings. The van der Waals surface area contributed by atoms with E-state index in [1.54, 1.807) is 25.6 Å². The Kier molecular flexibility index (Phi) is 5.58. The van der Waals surface area contributed by atoms with Crippen molar-refractivity contribution in [3.05, 3.63) is 11.4 Å². The van der Waals surface area contributed by atoms with Crippen LogP contribution in [0.5, 0.6) is 0 Å². The molecule has 1 aromatic heterocycles.